The lowest BCUT2D eigenvalue weighted by atomic mass is 10.0. The van der Waals surface area contributed by atoms with Gasteiger partial charge in [0.2, 0.25) is 0 Å². The average Bonchev–Trinajstić information content (AvgIpc) is 2.57. The molecule has 1 aromatic heterocycles. The molecular formula is C12H19N3O3. The van der Waals surface area contributed by atoms with Crippen molar-refractivity contribution in [2.24, 2.45) is 7.05 Å². The summed E-state index contributed by atoms with van der Waals surface area (Å²) in [6.07, 6.45) is 0. The fourth-order valence-electron chi connectivity index (χ4n) is 2.48. The standard InChI is InChI=1S/C12H19N3O3/c1-8-10(9(2)14(3)13-8)11(12(16)17)15-4-6-18-7-5-15/h11H,4-7H2,1-3H3,(H,16,17). The highest BCUT2D eigenvalue weighted by atomic mass is 16.5. The molecule has 0 aromatic carbocycles. The minimum absolute atomic E-state index is 0.585. The third kappa shape index (κ3) is 2.26. The molecule has 2 rings (SSSR count). The number of aryl methyl sites for hydroxylation is 2. The van der Waals surface area contributed by atoms with Crippen LogP contribution >= 0.6 is 0 Å². The highest BCUT2D eigenvalue weighted by Gasteiger charge is 2.32. The molecular weight excluding hydrogens is 234 g/mol. The Labute approximate surface area is 106 Å². The number of hydrogen-bond acceptors (Lipinski definition) is 4. The van der Waals surface area contributed by atoms with Gasteiger partial charge in [-0.3, -0.25) is 14.4 Å². The van der Waals surface area contributed by atoms with Gasteiger partial charge in [0, 0.05) is 31.4 Å². The van der Waals surface area contributed by atoms with Crippen LogP contribution in [0.25, 0.3) is 0 Å². The maximum absolute atomic E-state index is 11.6. The van der Waals surface area contributed by atoms with Crippen LogP contribution in [-0.2, 0) is 16.6 Å². The smallest absolute Gasteiger partial charge is 0.325 e. The van der Waals surface area contributed by atoms with Crippen molar-refractivity contribution < 1.29 is 14.6 Å². The summed E-state index contributed by atoms with van der Waals surface area (Å²) < 4.78 is 7.01. The zero-order chi connectivity index (χ0) is 13.3. The van der Waals surface area contributed by atoms with Crippen LogP contribution < -0.4 is 0 Å². The van der Waals surface area contributed by atoms with E-state index in [4.69, 9.17) is 4.74 Å². The zero-order valence-electron chi connectivity index (χ0n) is 11.0. The molecule has 1 atom stereocenters. The number of morpholine rings is 1. The molecule has 6 heteroatoms. The average molecular weight is 253 g/mol. The third-order valence-corrected chi connectivity index (χ3v) is 3.48. The van der Waals surface area contributed by atoms with Gasteiger partial charge in [0.05, 0.1) is 18.9 Å². The zero-order valence-corrected chi connectivity index (χ0v) is 11.0. The first-order valence-corrected chi connectivity index (χ1v) is 6.07. The maximum Gasteiger partial charge on any atom is 0.325 e. The Morgan fingerprint density at radius 1 is 1.39 bits per heavy atom. The number of nitrogens with zero attached hydrogens (tertiary/aromatic N) is 3. The maximum atomic E-state index is 11.6. The molecule has 0 aliphatic carbocycles. The number of carboxylic acid groups (broad SMARTS) is 1. The number of ether oxygens (including phenoxy) is 1. The molecule has 1 aliphatic rings. The SMILES string of the molecule is Cc1nn(C)c(C)c1C(C(=O)O)N1CCOCC1. The lowest BCUT2D eigenvalue weighted by Crippen LogP contribution is -2.42. The Balaban J connectivity index is 2.37. The summed E-state index contributed by atoms with van der Waals surface area (Å²) in [6, 6.07) is -0.623. The second-order valence-electron chi connectivity index (χ2n) is 4.60. The second kappa shape index (κ2) is 5.07. The summed E-state index contributed by atoms with van der Waals surface area (Å²) in [5.41, 5.74) is 2.51. The molecule has 0 radical (unpaired) electrons. The first kappa shape index (κ1) is 13.0. The van der Waals surface area contributed by atoms with Crippen molar-refractivity contribution in [2.75, 3.05) is 26.3 Å². The molecule has 0 spiro atoms. The van der Waals surface area contributed by atoms with Gasteiger partial charge in [0.15, 0.2) is 0 Å². The van der Waals surface area contributed by atoms with E-state index in [1.54, 1.807) is 4.68 Å². The van der Waals surface area contributed by atoms with Gasteiger partial charge in [-0.2, -0.15) is 5.10 Å². The van der Waals surface area contributed by atoms with E-state index in [9.17, 15) is 9.90 Å². The quantitative estimate of drug-likeness (QED) is 0.849. The van der Waals surface area contributed by atoms with E-state index in [0.717, 1.165) is 17.0 Å². The number of aromatic nitrogens is 2. The van der Waals surface area contributed by atoms with E-state index in [1.807, 2.05) is 25.8 Å². The third-order valence-electron chi connectivity index (χ3n) is 3.48. The van der Waals surface area contributed by atoms with E-state index < -0.39 is 12.0 Å². The van der Waals surface area contributed by atoms with E-state index in [-0.39, 0.29) is 0 Å². The molecule has 1 N–H and O–H groups in total. The van der Waals surface area contributed by atoms with Crippen LogP contribution in [-0.4, -0.2) is 52.1 Å². The first-order chi connectivity index (χ1) is 8.52. The fraction of sp³-hybridized carbons (Fsp3) is 0.667. The van der Waals surface area contributed by atoms with Crippen molar-refractivity contribution >= 4 is 5.97 Å². The molecule has 0 saturated carbocycles. The minimum Gasteiger partial charge on any atom is -0.480 e. The molecule has 0 bridgehead atoms. The predicted octanol–water partition coefficient (Wildman–Crippen LogP) is 0.495. The van der Waals surface area contributed by atoms with Crippen LogP contribution in [0.15, 0.2) is 0 Å². The molecule has 0 amide bonds. The van der Waals surface area contributed by atoms with Crippen LogP contribution in [0.3, 0.4) is 0 Å². The molecule has 6 nitrogen and oxygen atoms in total. The summed E-state index contributed by atoms with van der Waals surface area (Å²) in [4.78, 5) is 13.5. The second-order valence-corrected chi connectivity index (χ2v) is 4.60. The largest absolute Gasteiger partial charge is 0.480 e. The van der Waals surface area contributed by atoms with Crippen LogP contribution in [0.5, 0.6) is 0 Å². The van der Waals surface area contributed by atoms with Gasteiger partial charge >= 0.3 is 5.97 Å². The number of carbonyl (C=O) groups is 1. The van der Waals surface area contributed by atoms with E-state index >= 15 is 0 Å². The highest BCUT2D eigenvalue weighted by molar-refractivity contribution is 5.76. The van der Waals surface area contributed by atoms with Gasteiger partial charge in [-0.15, -0.1) is 0 Å². The number of carboxylic acids is 1. The molecule has 1 unspecified atom stereocenters. The van der Waals surface area contributed by atoms with Crippen molar-refractivity contribution in [1.82, 2.24) is 14.7 Å². The van der Waals surface area contributed by atoms with Crippen molar-refractivity contribution in [2.45, 2.75) is 19.9 Å². The first-order valence-electron chi connectivity index (χ1n) is 6.07. The summed E-state index contributed by atoms with van der Waals surface area (Å²) in [5.74, 6) is -0.823. The molecule has 100 valence electrons. The number of aliphatic carboxylic acids is 1. The van der Waals surface area contributed by atoms with Crippen molar-refractivity contribution in [1.29, 1.82) is 0 Å². The Hall–Kier alpha value is -1.40. The normalized spacial score (nSPS) is 18.8. The number of rotatable bonds is 3. The Morgan fingerprint density at radius 2 is 2.00 bits per heavy atom. The van der Waals surface area contributed by atoms with Gasteiger partial charge in [-0.05, 0) is 13.8 Å². The van der Waals surface area contributed by atoms with Crippen LogP contribution in [0.4, 0.5) is 0 Å². The lowest BCUT2D eigenvalue weighted by Gasteiger charge is -2.32. The molecule has 1 fully saturated rings. The van der Waals surface area contributed by atoms with E-state index in [1.165, 1.54) is 0 Å². The molecule has 1 aromatic rings. The molecule has 1 aliphatic heterocycles. The lowest BCUT2D eigenvalue weighted by molar-refractivity contribution is -0.145. The van der Waals surface area contributed by atoms with Crippen molar-refractivity contribution in [3.05, 3.63) is 17.0 Å². The number of hydrogen-bond donors (Lipinski definition) is 1. The van der Waals surface area contributed by atoms with Crippen LogP contribution in [0.1, 0.15) is 23.0 Å². The van der Waals surface area contributed by atoms with Crippen molar-refractivity contribution in [3.8, 4) is 0 Å². The minimum atomic E-state index is -0.823. The monoisotopic (exact) mass is 253 g/mol. The molecule has 1 saturated heterocycles. The Kier molecular flexibility index (Phi) is 3.68. The Morgan fingerprint density at radius 3 is 2.44 bits per heavy atom. The van der Waals surface area contributed by atoms with E-state index in [0.29, 0.717) is 26.3 Å². The van der Waals surface area contributed by atoms with E-state index in [2.05, 4.69) is 5.10 Å². The van der Waals surface area contributed by atoms with Gasteiger partial charge in [0.1, 0.15) is 6.04 Å². The van der Waals surface area contributed by atoms with Crippen LogP contribution in [0.2, 0.25) is 0 Å². The molecule has 18 heavy (non-hydrogen) atoms. The predicted molar refractivity (Wildman–Crippen MR) is 65.5 cm³/mol. The van der Waals surface area contributed by atoms with Crippen molar-refractivity contribution in [3.63, 3.8) is 0 Å². The van der Waals surface area contributed by atoms with Gasteiger partial charge < -0.3 is 9.84 Å². The van der Waals surface area contributed by atoms with Gasteiger partial charge in [-0.1, -0.05) is 0 Å². The molecule has 2 heterocycles. The summed E-state index contributed by atoms with van der Waals surface area (Å²) in [7, 11) is 1.84. The Bertz CT molecular complexity index is 450. The van der Waals surface area contributed by atoms with Gasteiger partial charge in [0.25, 0.3) is 0 Å². The summed E-state index contributed by atoms with van der Waals surface area (Å²) in [5, 5.41) is 13.8. The fourth-order valence-corrected chi connectivity index (χ4v) is 2.48. The summed E-state index contributed by atoms with van der Waals surface area (Å²) in [6.45, 7) is 6.23. The highest BCUT2D eigenvalue weighted by Crippen LogP contribution is 2.27. The van der Waals surface area contributed by atoms with Gasteiger partial charge in [-0.25, -0.2) is 0 Å². The topological polar surface area (TPSA) is 67.6 Å². The summed E-state index contributed by atoms with van der Waals surface area (Å²) >= 11 is 0. The van der Waals surface area contributed by atoms with Crippen LogP contribution in [0, 0.1) is 13.8 Å².